The molecule has 1 amide bonds. The third-order valence-electron chi connectivity index (χ3n) is 5.12. The Bertz CT molecular complexity index is 1060. The first kappa shape index (κ1) is 18.1. The van der Waals surface area contributed by atoms with Gasteiger partial charge in [0.25, 0.3) is 11.9 Å². The van der Waals surface area contributed by atoms with Crippen LogP contribution in [0.1, 0.15) is 47.3 Å². The van der Waals surface area contributed by atoms with Crippen LogP contribution in [0, 0.1) is 18.3 Å². The van der Waals surface area contributed by atoms with Crippen LogP contribution in [0.5, 0.6) is 0 Å². The van der Waals surface area contributed by atoms with Gasteiger partial charge in [0, 0.05) is 23.8 Å². The molecule has 2 N–H and O–H groups in total. The molecule has 4 rings (SSSR count). The normalized spacial score (nSPS) is 19.3. The van der Waals surface area contributed by atoms with Crippen molar-refractivity contribution in [3.8, 4) is 12.0 Å². The summed E-state index contributed by atoms with van der Waals surface area (Å²) in [7, 11) is 0. The summed E-state index contributed by atoms with van der Waals surface area (Å²) >= 11 is 0. The molecule has 1 aromatic carbocycles. The van der Waals surface area contributed by atoms with Crippen molar-refractivity contribution < 1.29 is 9.90 Å². The van der Waals surface area contributed by atoms with Gasteiger partial charge in [-0.2, -0.15) is 15.0 Å². The molecule has 142 valence electrons. The van der Waals surface area contributed by atoms with E-state index in [-0.39, 0.29) is 18.1 Å². The second-order valence-electron chi connectivity index (χ2n) is 7.09. The predicted molar refractivity (Wildman–Crippen MR) is 102 cm³/mol. The maximum absolute atomic E-state index is 12.4. The molecule has 2 aromatic heterocycles. The van der Waals surface area contributed by atoms with Crippen molar-refractivity contribution in [3.63, 3.8) is 0 Å². The van der Waals surface area contributed by atoms with E-state index in [1.807, 2.05) is 13.0 Å². The lowest BCUT2D eigenvalue weighted by atomic mass is 9.93. The van der Waals surface area contributed by atoms with Gasteiger partial charge in [-0.15, -0.1) is 0 Å². The zero-order valence-electron chi connectivity index (χ0n) is 15.5. The molecule has 1 fully saturated rings. The summed E-state index contributed by atoms with van der Waals surface area (Å²) in [6.07, 6.45) is 5.65. The predicted octanol–water partition coefficient (Wildman–Crippen LogP) is 2.03. The number of aliphatic hydroxyl groups is 1. The molecule has 0 bridgehead atoms. The summed E-state index contributed by atoms with van der Waals surface area (Å²) in [6, 6.07) is 7.54. The number of benzene rings is 1. The fourth-order valence-electron chi connectivity index (χ4n) is 3.53. The van der Waals surface area contributed by atoms with Crippen LogP contribution < -0.4 is 5.32 Å². The molecule has 8 nitrogen and oxygen atoms in total. The van der Waals surface area contributed by atoms with E-state index < -0.39 is 0 Å². The van der Waals surface area contributed by atoms with Crippen LogP contribution in [0.2, 0.25) is 0 Å². The number of aliphatic hydroxyl groups excluding tert-OH is 1. The number of nitriles is 1. The number of aromatic nitrogens is 4. The SMILES string of the molecule is Cc1nn(-c2ncc(C(=O)NC3CCC(O)CC3)cn2)c2cc(C#N)ccc12. The zero-order valence-corrected chi connectivity index (χ0v) is 15.5. The Morgan fingerprint density at radius 3 is 2.64 bits per heavy atom. The summed E-state index contributed by atoms with van der Waals surface area (Å²) in [5.74, 6) is 0.117. The first-order valence-corrected chi connectivity index (χ1v) is 9.26. The number of amides is 1. The van der Waals surface area contributed by atoms with Crippen LogP contribution in [-0.2, 0) is 0 Å². The van der Waals surface area contributed by atoms with Gasteiger partial charge in [0.05, 0.1) is 34.5 Å². The van der Waals surface area contributed by atoms with Crippen LogP contribution in [0.3, 0.4) is 0 Å². The molecular formula is C20H20N6O2. The number of carbonyl (C=O) groups excluding carboxylic acids is 1. The third kappa shape index (κ3) is 3.44. The smallest absolute Gasteiger partial charge is 0.254 e. The molecule has 1 aliphatic carbocycles. The minimum atomic E-state index is -0.260. The second kappa shape index (κ2) is 7.37. The number of hydrogen-bond donors (Lipinski definition) is 2. The highest BCUT2D eigenvalue weighted by Crippen LogP contribution is 2.22. The van der Waals surface area contributed by atoms with Crippen LogP contribution in [0.4, 0.5) is 0 Å². The lowest BCUT2D eigenvalue weighted by molar-refractivity contribution is 0.0867. The number of aryl methyl sites for hydroxylation is 1. The minimum absolute atomic E-state index is 0.0673. The molecule has 0 aliphatic heterocycles. The number of nitrogens with one attached hydrogen (secondary N) is 1. The quantitative estimate of drug-likeness (QED) is 0.722. The molecule has 0 saturated heterocycles. The molecule has 28 heavy (non-hydrogen) atoms. The van der Waals surface area contributed by atoms with Gasteiger partial charge in [-0.25, -0.2) is 9.97 Å². The van der Waals surface area contributed by atoms with Crippen molar-refractivity contribution in [3.05, 3.63) is 47.4 Å². The van der Waals surface area contributed by atoms with E-state index in [0.717, 1.165) is 29.4 Å². The fraction of sp³-hybridized carbons (Fsp3) is 0.350. The Labute approximate surface area is 161 Å². The number of nitrogens with zero attached hydrogens (tertiary/aromatic N) is 5. The molecule has 0 unspecified atom stereocenters. The highest BCUT2D eigenvalue weighted by molar-refractivity contribution is 5.93. The number of rotatable bonds is 3. The average molecular weight is 376 g/mol. The van der Waals surface area contributed by atoms with Crippen LogP contribution >= 0.6 is 0 Å². The molecule has 3 aromatic rings. The molecule has 1 saturated carbocycles. The number of fused-ring (bicyclic) bond motifs is 1. The van der Waals surface area contributed by atoms with Crippen LogP contribution in [0.25, 0.3) is 16.9 Å². The maximum atomic E-state index is 12.4. The van der Waals surface area contributed by atoms with Crippen molar-refractivity contribution in [1.29, 1.82) is 5.26 Å². The van der Waals surface area contributed by atoms with E-state index in [2.05, 4.69) is 26.5 Å². The Kier molecular flexibility index (Phi) is 4.75. The first-order chi connectivity index (χ1) is 13.5. The number of hydrogen-bond acceptors (Lipinski definition) is 6. The standard InChI is InChI=1S/C20H20N6O2/c1-12-17-7-2-13(9-21)8-18(17)26(25-12)20-22-10-14(11-23-20)19(28)24-15-3-5-16(27)6-4-15/h2,7-8,10-11,15-16,27H,3-6H2,1H3,(H,24,28). The van der Waals surface area contributed by atoms with E-state index in [1.165, 1.54) is 12.4 Å². The monoisotopic (exact) mass is 376 g/mol. The molecule has 0 spiro atoms. The molecule has 1 aliphatic rings. The maximum Gasteiger partial charge on any atom is 0.254 e. The highest BCUT2D eigenvalue weighted by Gasteiger charge is 2.21. The summed E-state index contributed by atoms with van der Waals surface area (Å²) < 4.78 is 1.58. The van der Waals surface area contributed by atoms with Crippen molar-refractivity contribution in [1.82, 2.24) is 25.1 Å². The minimum Gasteiger partial charge on any atom is -0.393 e. The Hall–Kier alpha value is -3.31. The van der Waals surface area contributed by atoms with Crippen molar-refractivity contribution in [2.75, 3.05) is 0 Å². The van der Waals surface area contributed by atoms with Crippen LogP contribution in [-0.4, -0.2) is 42.9 Å². The van der Waals surface area contributed by atoms with Gasteiger partial charge in [0.2, 0.25) is 0 Å². The summed E-state index contributed by atoms with van der Waals surface area (Å²) in [5.41, 5.74) is 2.46. The first-order valence-electron chi connectivity index (χ1n) is 9.26. The third-order valence-corrected chi connectivity index (χ3v) is 5.12. The molecule has 8 heteroatoms. The largest absolute Gasteiger partial charge is 0.393 e. The van der Waals surface area contributed by atoms with Crippen molar-refractivity contribution in [2.45, 2.75) is 44.8 Å². The zero-order chi connectivity index (χ0) is 19.7. The molecule has 2 heterocycles. The van der Waals surface area contributed by atoms with Gasteiger partial charge in [-0.05, 0) is 50.8 Å². The molecular weight excluding hydrogens is 356 g/mol. The topological polar surface area (TPSA) is 117 Å². The second-order valence-corrected chi connectivity index (χ2v) is 7.09. The van der Waals surface area contributed by atoms with Gasteiger partial charge in [-0.3, -0.25) is 4.79 Å². The Morgan fingerprint density at radius 2 is 1.96 bits per heavy atom. The van der Waals surface area contributed by atoms with Gasteiger partial charge in [-0.1, -0.05) is 0 Å². The molecule has 0 radical (unpaired) electrons. The van der Waals surface area contributed by atoms with Gasteiger partial charge in [0.15, 0.2) is 0 Å². The lowest BCUT2D eigenvalue weighted by Gasteiger charge is -2.26. The lowest BCUT2D eigenvalue weighted by Crippen LogP contribution is -2.38. The van der Waals surface area contributed by atoms with Crippen LogP contribution in [0.15, 0.2) is 30.6 Å². The van der Waals surface area contributed by atoms with Gasteiger partial charge >= 0.3 is 0 Å². The fourth-order valence-corrected chi connectivity index (χ4v) is 3.53. The number of carbonyl (C=O) groups is 1. The van der Waals surface area contributed by atoms with Crippen molar-refractivity contribution >= 4 is 16.8 Å². The Morgan fingerprint density at radius 1 is 1.25 bits per heavy atom. The average Bonchev–Trinajstić information content (AvgIpc) is 3.05. The highest BCUT2D eigenvalue weighted by atomic mass is 16.3. The Balaban J connectivity index is 1.56. The summed E-state index contributed by atoms with van der Waals surface area (Å²) in [5, 5.41) is 27.1. The molecule has 0 atom stereocenters. The summed E-state index contributed by atoms with van der Waals surface area (Å²) in [6.45, 7) is 1.88. The van der Waals surface area contributed by atoms with Gasteiger partial charge < -0.3 is 10.4 Å². The van der Waals surface area contributed by atoms with Crippen molar-refractivity contribution in [2.24, 2.45) is 0 Å². The van der Waals surface area contributed by atoms with E-state index in [0.29, 0.717) is 29.9 Å². The van der Waals surface area contributed by atoms with E-state index in [1.54, 1.807) is 16.8 Å². The summed E-state index contributed by atoms with van der Waals surface area (Å²) in [4.78, 5) is 21.0. The van der Waals surface area contributed by atoms with Gasteiger partial charge in [0.1, 0.15) is 0 Å². The van der Waals surface area contributed by atoms with E-state index in [9.17, 15) is 9.90 Å². The van der Waals surface area contributed by atoms with E-state index in [4.69, 9.17) is 5.26 Å². The van der Waals surface area contributed by atoms with E-state index >= 15 is 0 Å².